The zero-order valence-electron chi connectivity index (χ0n) is 12.7. The van der Waals surface area contributed by atoms with E-state index in [1.54, 1.807) is 24.3 Å². The molecule has 118 valence electrons. The van der Waals surface area contributed by atoms with E-state index in [1.807, 2.05) is 6.92 Å². The van der Waals surface area contributed by atoms with Gasteiger partial charge in [0, 0.05) is 19.2 Å². The van der Waals surface area contributed by atoms with Crippen molar-refractivity contribution in [1.82, 2.24) is 10.0 Å². The molecule has 0 saturated carbocycles. The first-order valence-corrected chi connectivity index (χ1v) is 8.87. The van der Waals surface area contributed by atoms with Crippen molar-refractivity contribution in [3.63, 3.8) is 0 Å². The van der Waals surface area contributed by atoms with Gasteiger partial charge in [0.1, 0.15) is 5.75 Å². The lowest BCUT2D eigenvalue weighted by atomic mass is 9.83. The van der Waals surface area contributed by atoms with Crippen molar-refractivity contribution in [2.45, 2.75) is 31.6 Å². The molecule has 1 aliphatic heterocycles. The Balaban J connectivity index is 2.05. The van der Waals surface area contributed by atoms with Gasteiger partial charge in [-0.25, -0.2) is 13.1 Å². The van der Waals surface area contributed by atoms with E-state index in [1.165, 1.54) is 0 Å². The summed E-state index contributed by atoms with van der Waals surface area (Å²) in [6, 6.07) is 6.61. The molecule has 1 aliphatic rings. The van der Waals surface area contributed by atoms with Crippen molar-refractivity contribution in [3.05, 3.63) is 24.3 Å². The quantitative estimate of drug-likeness (QED) is 0.840. The molecular weight excluding hydrogens is 288 g/mol. The summed E-state index contributed by atoms with van der Waals surface area (Å²) >= 11 is 0. The Bertz CT molecular complexity index is 566. The fourth-order valence-electron chi connectivity index (χ4n) is 2.52. The summed E-state index contributed by atoms with van der Waals surface area (Å²) in [6.45, 7) is 6.80. The van der Waals surface area contributed by atoms with Gasteiger partial charge in [-0.1, -0.05) is 13.0 Å². The molecule has 2 N–H and O–H groups in total. The highest BCUT2D eigenvalue weighted by molar-refractivity contribution is 7.89. The van der Waals surface area contributed by atoms with E-state index >= 15 is 0 Å². The molecule has 5 nitrogen and oxygen atoms in total. The molecule has 6 heteroatoms. The average molecular weight is 312 g/mol. The number of benzene rings is 1. The van der Waals surface area contributed by atoms with Crippen LogP contribution in [-0.2, 0) is 10.0 Å². The van der Waals surface area contributed by atoms with Crippen molar-refractivity contribution in [3.8, 4) is 5.75 Å². The molecule has 1 saturated heterocycles. The van der Waals surface area contributed by atoms with Gasteiger partial charge in [0.2, 0.25) is 10.0 Å². The van der Waals surface area contributed by atoms with Gasteiger partial charge in [0.25, 0.3) is 0 Å². The fourth-order valence-corrected chi connectivity index (χ4v) is 3.75. The van der Waals surface area contributed by atoms with Gasteiger partial charge in [-0.05, 0) is 43.9 Å². The van der Waals surface area contributed by atoms with Crippen LogP contribution in [0.5, 0.6) is 5.75 Å². The fraction of sp³-hybridized carbons (Fsp3) is 0.600. The van der Waals surface area contributed by atoms with Crippen LogP contribution in [0.4, 0.5) is 0 Å². The van der Waals surface area contributed by atoms with Crippen LogP contribution in [-0.4, -0.2) is 34.7 Å². The van der Waals surface area contributed by atoms with Crippen molar-refractivity contribution in [2.24, 2.45) is 5.41 Å². The zero-order chi connectivity index (χ0) is 15.3. The molecule has 1 fully saturated rings. The van der Waals surface area contributed by atoms with Crippen LogP contribution in [0.1, 0.15) is 26.7 Å². The third-order valence-electron chi connectivity index (χ3n) is 3.80. The van der Waals surface area contributed by atoms with Crippen LogP contribution < -0.4 is 14.8 Å². The maximum absolute atomic E-state index is 12.4. The summed E-state index contributed by atoms with van der Waals surface area (Å²) in [7, 11) is -3.50. The van der Waals surface area contributed by atoms with Gasteiger partial charge in [0.05, 0.1) is 11.5 Å². The topological polar surface area (TPSA) is 67.4 Å². The molecule has 1 aromatic carbocycles. The molecule has 0 spiro atoms. The summed E-state index contributed by atoms with van der Waals surface area (Å²) < 4.78 is 32.9. The SMILES string of the molecule is CCOc1cccc(S(=O)(=O)NCC2(C)CCCNC2)c1. The molecule has 0 bridgehead atoms. The van der Waals surface area contributed by atoms with Gasteiger partial charge in [-0.15, -0.1) is 0 Å². The van der Waals surface area contributed by atoms with Gasteiger partial charge in [0.15, 0.2) is 0 Å². The van der Waals surface area contributed by atoms with Crippen molar-refractivity contribution < 1.29 is 13.2 Å². The number of rotatable bonds is 6. The van der Waals surface area contributed by atoms with E-state index in [0.29, 0.717) is 18.9 Å². The van der Waals surface area contributed by atoms with E-state index < -0.39 is 10.0 Å². The zero-order valence-corrected chi connectivity index (χ0v) is 13.5. The van der Waals surface area contributed by atoms with E-state index in [0.717, 1.165) is 25.9 Å². The maximum Gasteiger partial charge on any atom is 0.240 e. The lowest BCUT2D eigenvalue weighted by Crippen LogP contribution is -2.45. The second-order valence-corrected chi connectivity index (χ2v) is 7.59. The predicted octanol–water partition coefficient (Wildman–Crippen LogP) is 1.75. The van der Waals surface area contributed by atoms with E-state index in [9.17, 15) is 8.42 Å². The standard InChI is InChI=1S/C15H24N2O3S/c1-3-20-13-6-4-7-14(10-13)21(18,19)17-12-15(2)8-5-9-16-11-15/h4,6-7,10,16-17H,3,5,8-9,11-12H2,1-2H3. The second kappa shape index (κ2) is 6.77. The van der Waals surface area contributed by atoms with Crippen LogP contribution in [0.15, 0.2) is 29.2 Å². The minimum atomic E-state index is -3.50. The lowest BCUT2D eigenvalue weighted by Gasteiger charge is -2.34. The van der Waals surface area contributed by atoms with Crippen LogP contribution in [0.25, 0.3) is 0 Å². The smallest absolute Gasteiger partial charge is 0.240 e. The minimum Gasteiger partial charge on any atom is -0.494 e. The second-order valence-electron chi connectivity index (χ2n) is 5.82. The van der Waals surface area contributed by atoms with Crippen LogP contribution in [0.3, 0.4) is 0 Å². The highest BCUT2D eigenvalue weighted by Crippen LogP contribution is 2.25. The Morgan fingerprint density at radius 3 is 2.90 bits per heavy atom. The molecule has 0 amide bonds. The van der Waals surface area contributed by atoms with Crippen molar-refractivity contribution >= 4 is 10.0 Å². The van der Waals surface area contributed by atoms with Crippen molar-refractivity contribution in [1.29, 1.82) is 0 Å². The molecule has 0 aromatic heterocycles. The molecule has 1 heterocycles. The molecule has 1 unspecified atom stereocenters. The number of ether oxygens (including phenoxy) is 1. The first-order valence-electron chi connectivity index (χ1n) is 7.38. The Morgan fingerprint density at radius 1 is 1.43 bits per heavy atom. The van der Waals surface area contributed by atoms with Crippen LogP contribution in [0, 0.1) is 5.41 Å². The Morgan fingerprint density at radius 2 is 2.24 bits per heavy atom. The average Bonchev–Trinajstić information content (AvgIpc) is 2.47. The molecule has 1 aromatic rings. The summed E-state index contributed by atoms with van der Waals surface area (Å²) in [6.07, 6.45) is 2.11. The third-order valence-corrected chi connectivity index (χ3v) is 5.20. The minimum absolute atomic E-state index is 0.0250. The monoisotopic (exact) mass is 312 g/mol. The maximum atomic E-state index is 12.4. The lowest BCUT2D eigenvalue weighted by molar-refractivity contribution is 0.238. The van der Waals surface area contributed by atoms with Gasteiger partial charge in [-0.2, -0.15) is 0 Å². The number of hydrogen-bond acceptors (Lipinski definition) is 4. The predicted molar refractivity (Wildman–Crippen MR) is 83.0 cm³/mol. The molecule has 0 aliphatic carbocycles. The summed E-state index contributed by atoms with van der Waals surface area (Å²) in [5, 5.41) is 3.32. The molecular formula is C15H24N2O3S. The largest absolute Gasteiger partial charge is 0.494 e. The number of hydrogen-bond donors (Lipinski definition) is 2. The van der Waals surface area contributed by atoms with Gasteiger partial charge >= 0.3 is 0 Å². The molecule has 0 radical (unpaired) electrons. The van der Waals surface area contributed by atoms with Crippen LogP contribution in [0.2, 0.25) is 0 Å². The summed E-state index contributed by atoms with van der Waals surface area (Å²) in [5.41, 5.74) is -0.0250. The van der Waals surface area contributed by atoms with E-state index in [2.05, 4.69) is 17.0 Å². The third kappa shape index (κ3) is 4.43. The van der Waals surface area contributed by atoms with Gasteiger partial charge < -0.3 is 10.1 Å². The molecule has 1 atom stereocenters. The summed E-state index contributed by atoms with van der Waals surface area (Å²) in [5.74, 6) is 0.575. The Hall–Kier alpha value is -1.11. The van der Waals surface area contributed by atoms with Crippen LogP contribution >= 0.6 is 0 Å². The van der Waals surface area contributed by atoms with E-state index in [-0.39, 0.29) is 10.3 Å². The van der Waals surface area contributed by atoms with E-state index in [4.69, 9.17) is 4.74 Å². The number of sulfonamides is 1. The molecule has 2 rings (SSSR count). The first-order chi connectivity index (χ1) is 9.95. The normalized spacial score (nSPS) is 23.0. The highest BCUT2D eigenvalue weighted by Gasteiger charge is 2.28. The Labute approximate surface area is 127 Å². The molecule has 21 heavy (non-hydrogen) atoms. The Kier molecular flexibility index (Phi) is 5.24. The highest BCUT2D eigenvalue weighted by atomic mass is 32.2. The van der Waals surface area contributed by atoms with Gasteiger partial charge in [-0.3, -0.25) is 0 Å². The summed E-state index contributed by atoms with van der Waals surface area (Å²) in [4.78, 5) is 0.251. The first kappa shape index (κ1) is 16.3. The van der Waals surface area contributed by atoms with Crippen molar-refractivity contribution in [2.75, 3.05) is 26.2 Å². The number of piperidine rings is 1. The number of nitrogens with one attached hydrogen (secondary N) is 2.